The molecule has 100 valence electrons. The van der Waals surface area contributed by atoms with E-state index < -0.39 is 16.8 Å². The smallest absolute Gasteiger partial charge is 0.336 e. The van der Waals surface area contributed by atoms with Crippen LogP contribution in [-0.4, -0.2) is 48.0 Å². The van der Waals surface area contributed by atoms with E-state index in [0.717, 1.165) is 0 Å². The molecule has 0 fully saturated rings. The second kappa shape index (κ2) is 7.97. The molecule has 0 aliphatic rings. The highest BCUT2D eigenvalue weighted by Crippen LogP contribution is 2.13. The Labute approximate surface area is 108 Å². The van der Waals surface area contributed by atoms with Crippen LogP contribution in [0.2, 0.25) is 0 Å². The van der Waals surface area contributed by atoms with Crippen LogP contribution in [0, 0.1) is 0 Å². The maximum absolute atomic E-state index is 11.9. The van der Waals surface area contributed by atoms with E-state index in [1.54, 1.807) is 25.3 Å². The Hall–Kier alpha value is -1.24. The van der Waals surface area contributed by atoms with Crippen LogP contribution < -0.4 is 0 Å². The lowest BCUT2D eigenvalue weighted by Gasteiger charge is -2.06. The van der Waals surface area contributed by atoms with Crippen molar-refractivity contribution in [3.8, 4) is 0 Å². The van der Waals surface area contributed by atoms with Gasteiger partial charge in [0.2, 0.25) is 0 Å². The molecule has 1 aromatic rings. The summed E-state index contributed by atoms with van der Waals surface area (Å²) < 4.78 is 21.9. The van der Waals surface area contributed by atoms with Crippen molar-refractivity contribution < 1.29 is 23.6 Å². The molecule has 1 N–H and O–H groups in total. The van der Waals surface area contributed by atoms with Gasteiger partial charge in [0.25, 0.3) is 0 Å². The number of rotatable bonds is 8. The average Bonchev–Trinajstić information content (AvgIpc) is 2.38. The third-order valence-electron chi connectivity index (χ3n) is 2.21. The Balaban J connectivity index is 2.54. The molecule has 6 heteroatoms. The van der Waals surface area contributed by atoms with Crippen molar-refractivity contribution in [3.63, 3.8) is 0 Å². The van der Waals surface area contributed by atoms with Crippen LogP contribution >= 0.6 is 0 Å². The number of aromatic carboxylic acids is 1. The maximum Gasteiger partial charge on any atom is 0.336 e. The van der Waals surface area contributed by atoms with E-state index in [2.05, 4.69) is 0 Å². The first-order valence-electron chi connectivity index (χ1n) is 5.44. The van der Waals surface area contributed by atoms with Gasteiger partial charge in [0.05, 0.1) is 46.8 Å². The Morgan fingerprint density at radius 1 is 1.28 bits per heavy atom. The first-order valence-corrected chi connectivity index (χ1v) is 6.76. The third kappa shape index (κ3) is 4.56. The van der Waals surface area contributed by atoms with Crippen molar-refractivity contribution in [2.45, 2.75) is 4.90 Å². The van der Waals surface area contributed by atoms with E-state index in [9.17, 15) is 9.00 Å². The highest BCUT2D eigenvalue weighted by Gasteiger charge is 2.14. The number of carboxylic acids is 1. The van der Waals surface area contributed by atoms with E-state index in [4.69, 9.17) is 14.6 Å². The molecule has 1 rings (SSSR count). The van der Waals surface area contributed by atoms with E-state index in [1.165, 1.54) is 6.07 Å². The van der Waals surface area contributed by atoms with E-state index in [0.29, 0.717) is 24.7 Å². The second-order valence-corrected chi connectivity index (χ2v) is 5.00. The van der Waals surface area contributed by atoms with Crippen molar-refractivity contribution in [2.75, 3.05) is 32.7 Å². The lowest BCUT2D eigenvalue weighted by atomic mass is 10.2. The molecule has 1 aromatic carbocycles. The number of carbonyl (C=O) groups is 1. The molecule has 0 heterocycles. The number of hydrogen-bond donors (Lipinski definition) is 1. The summed E-state index contributed by atoms with van der Waals surface area (Å²) in [7, 11) is 0.206. The highest BCUT2D eigenvalue weighted by atomic mass is 32.2. The predicted octanol–water partition coefficient (Wildman–Crippen LogP) is 1.16. The van der Waals surface area contributed by atoms with Gasteiger partial charge in [-0.05, 0) is 12.1 Å². The minimum atomic E-state index is -1.37. The van der Waals surface area contributed by atoms with Gasteiger partial charge in [-0.25, -0.2) is 4.79 Å². The number of methoxy groups -OCH3 is 1. The summed E-state index contributed by atoms with van der Waals surface area (Å²) >= 11 is 0. The Morgan fingerprint density at radius 2 is 2.00 bits per heavy atom. The normalized spacial score (nSPS) is 12.3. The molecule has 0 bridgehead atoms. The van der Waals surface area contributed by atoms with Crippen molar-refractivity contribution in [3.05, 3.63) is 29.8 Å². The summed E-state index contributed by atoms with van der Waals surface area (Å²) in [5, 5.41) is 8.97. The summed E-state index contributed by atoms with van der Waals surface area (Å²) in [6.07, 6.45) is 0. The van der Waals surface area contributed by atoms with E-state index >= 15 is 0 Å². The van der Waals surface area contributed by atoms with E-state index in [-0.39, 0.29) is 11.3 Å². The fourth-order valence-electron chi connectivity index (χ4n) is 1.33. The second-order valence-electron chi connectivity index (χ2n) is 3.46. The first-order chi connectivity index (χ1) is 8.66. The molecule has 0 aliphatic heterocycles. The lowest BCUT2D eigenvalue weighted by molar-refractivity contribution is 0.0692. The average molecular weight is 272 g/mol. The van der Waals surface area contributed by atoms with Gasteiger partial charge in [-0.2, -0.15) is 0 Å². The molecular formula is C12H16O5S. The Kier molecular flexibility index (Phi) is 6.56. The summed E-state index contributed by atoms with van der Waals surface area (Å²) in [6.45, 7) is 1.23. The van der Waals surface area contributed by atoms with Crippen LogP contribution in [0.25, 0.3) is 0 Å². The van der Waals surface area contributed by atoms with Crippen LogP contribution in [-0.2, 0) is 20.3 Å². The molecule has 0 spiro atoms. The van der Waals surface area contributed by atoms with Gasteiger partial charge < -0.3 is 14.6 Å². The van der Waals surface area contributed by atoms with Crippen molar-refractivity contribution >= 4 is 16.8 Å². The highest BCUT2D eigenvalue weighted by molar-refractivity contribution is 7.85. The summed E-state index contributed by atoms with van der Waals surface area (Å²) in [5.41, 5.74) is 0.0766. The third-order valence-corrected chi connectivity index (χ3v) is 3.59. The van der Waals surface area contributed by atoms with Crippen LogP contribution in [0.1, 0.15) is 10.4 Å². The standard InChI is InChI=1S/C12H16O5S/c1-16-6-7-17-8-9-18(15)11-5-3-2-4-10(11)12(13)14/h2-5H,6-9H2,1H3,(H,13,14). The molecular weight excluding hydrogens is 256 g/mol. The molecule has 18 heavy (non-hydrogen) atoms. The predicted molar refractivity (Wildman–Crippen MR) is 67.4 cm³/mol. The molecule has 0 aromatic heterocycles. The molecule has 1 atom stereocenters. The van der Waals surface area contributed by atoms with Gasteiger partial charge in [-0.1, -0.05) is 12.1 Å². The van der Waals surface area contributed by atoms with Gasteiger partial charge in [0.1, 0.15) is 0 Å². The van der Waals surface area contributed by atoms with Crippen LogP contribution in [0.5, 0.6) is 0 Å². The van der Waals surface area contributed by atoms with E-state index in [1.807, 2.05) is 0 Å². The summed E-state index contributed by atoms with van der Waals surface area (Å²) in [4.78, 5) is 11.3. The first kappa shape index (κ1) is 14.8. The monoisotopic (exact) mass is 272 g/mol. The van der Waals surface area contributed by atoms with Gasteiger partial charge in [-0.3, -0.25) is 4.21 Å². The number of ether oxygens (including phenoxy) is 2. The van der Waals surface area contributed by atoms with Gasteiger partial charge in [0, 0.05) is 7.11 Å². The van der Waals surface area contributed by atoms with Crippen molar-refractivity contribution in [2.24, 2.45) is 0 Å². The number of benzene rings is 1. The molecule has 0 saturated carbocycles. The fraction of sp³-hybridized carbons (Fsp3) is 0.417. The lowest BCUT2D eigenvalue weighted by Crippen LogP contribution is -2.12. The Morgan fingerprint density at radius 3 is 2.67 bits per heavy atom. The molecule has 0 aliphatic carbocycles. The number of carboxylic acid groups (broad SMARTS) is 1. The van der Waals surface area contributed by atoms with Gasteiger partial charge in [0.15, 0.2) is 0 Å². The zero-order chi connectivity index (χ0) is 13.4. The molecule has 0 amide bonds. The fourth-order valence-corrected chi connectivity index (χ4v) is 2.45. The molecule has 1 unspecified atom stereocenters. The van der Waals surface area contributed by atoms with Crippen LogP contribution in [0.3, 0.4) is 0 Å². The SMILES string of the molecule is COCCOCCS(=O)c1ccccc1C(=O)O. The molecule has 0 saturated heterocycles. The zero-order valence-corrected chi connectivity index (χ0v) is 10.9. The van der Waals surface area contributed by atoms with Gasteiger partial charge in [-0.15, -0.1) is 0 Å². The maximum atomic E-state index is 11.9. The Bertz CT molecular complexity index is 419. The minimum absolute atomic E-state index is 0.0766. The molecule has 0 radical (unpaired) electrons. The summed E-state index contributed by atoms with van der Waals surface area (Å²) in [6, 6.07) is 6.29. The molecule has 5 nitrogen and oxygen atoms in total. The van der Waals surface area contributed by atoms with Gasteiger partial charge >= 0.3 is 5.97 Å². The minimum Gasteiger partial charge on any atom is -0.478 e. The zero-order valence-electron chi connectivity index (χ0n) is 10.1. The number of hydrogen-bond acceptors (Lipinski definition) is 4. The van der Waals surface area contributed by atoms with Crippen molar-refractivity contribution in [1.29, 1.82) is 0 Å². The quantitative estimate of drug-likeness (QED) is 0.719. The largest absolute Gasteiger partial charge is 0.478 e. The van der Waals surface area contributed by atoms with Crippen LogP contribution in [0.4, 0.5) is 0 Å². The topological polar surface area (TPSA) is 72.8 Å². The van der Waals surface area contributed by atoms with Crippen molar-refractivity contribution in [1.82, 2.24) is 0 Å². The van der Waals surface area contributed by atoms with Crippen LogP contribution in [0.15, 0.2) is 29.2 Å². The summed E-state index contributed by atoms with van der Waals surface area (Å²) in [5.74, 6) is -0.798.